The SMILES string of the molecule is O=C(O)CCC(Cc1ccccc1)NC(=O)N1CCCC1C1CCCCC1O. The molecule has 1 heterocycles. The highest BCUT2D eigenvalue weighted by molar-refractivity contribution is 5.75. The van der Waals surface area contributed by atoms with Crippen LogP contribution in [0.4, 0.5) is 4.79 Å². The van der Waals surface area contributed by atoms with E-state index in [0.717, 1.165) is 44.1 Å². The van der Waals surface area contributed by atoms with Gasteiger partial charge in [-0.1, -0.05) is 43.2 Å². The standard InChI is InChI=1S/C22H32N2O4/c25-20-11-5-4-9-18(20)19-10-6-14-24(19)22(28)23-17(12-13-21(26)27)15-16-7-2-1-3-8-16/h1-3,7-8,17-20,25H,4-6,9-15H2,(H,23,28)(H,26,27). The molecule has 1 aliphatic carbocycles. The maximum atomic E-state index is 13.0. The Balaban J connectivity index is 1.64. The Morgan fingerprint density at radius 1 is 1.11 bits per heavy atom. The first kappa shape index (κ1) is 20.6. The number of aliphatic hydroxyl groups is 1. The van der Waals surface area contributed by atoms with Crippen LogP contribution < -0.4 is 5.32 Å². The van der Waals surface area contributed by atoms with Crippen molar-refractivity contribution in [3.8, 4) is 0 Å². The zero-order valence-corrected chi connectivity index (χ0v) is 16.4. The van der Waals surface area contributed by atoms with Crippen LogP contribution in [0.1, 0.15) is 56.9 Å². The molecule has 6 heteroatoms. The minimum atomic E-state index is -0.850. The molecule has 6 nitrogen and oxygen atoms in total. The molecule has 0 aromatic heterocycles. The molecule has 0 spiro atoms. The van der Waals surface area contributed by atoms with Gasteiger partial charge in [0, 0.05) is 31.0 Å². The van der Waals surface area contributed by atoms with Crippen molar-refractivity contribution >= 4 is 12.0 Å². The second-order valence-electron chi connectivity index (χ2n) is 8.19. The Bertz CT molecular complexity index is 651. The third-order valence-corrected chi connectivity index (χ3v) is 6.20. The van der Waals surface area contributed by atoms with Crippen molar-refractivity contribution in [3.05, 3.63) is 35.9 Å². The fraction of sp³-hybridized carbons (Fsp3) is 0.636. The highest BCUT2D eigenvalue weighted by Gasteiger charge is 2.39. The summed E-state index contributed by atoms with van der Waals surface area (Å²) in [6.45, 7) is 0.705. The minimum Gasteiger partial charge on any atom is -0.481 e. The highest BCUT2D eigenvalue weighted by atomic mass is 16.4. The van der Waals surface area contributed by atoms with E-state index in [1.165, 1.54) is 0 Å². The topological polar surface area (TPSA) is 89.9 Å². The van der Waals surface area contributed by atoms with Crippen molar-refractivity contribution in [1.29, 1.82) is 0 Å². The number of amides is 2. The molecular formula is C22H32N2O4. The van der Waals surface area contributed by atoms with E-state index in [1.807, 2.05) is 35.2 Å². The van der Waals surface area contributed by atoms with Crippen molar-refractivity contribution in [2.24, 2.45) is 5.92 Å². The van der Waals surface area contributed by atoms with Gasteiger partial charge in [-0.3, -0.25) is 4.79 Å². The van der Waals surface area contributed by atoms with Gasteiger partial charge in [0.15, 0.2) is 0 Å². The molecular weight excluding hydrogens is 356 g/mol. The summed E-state index contributed by atoms with van der Waals surface area (Å²) in [6.07, 6.45) is 6.60. The quantitative estimate of drug-likeness (QED) is 0.669. The molecule has 2 aliphatic rings. The minimum absolute atomic E-state index is 0.0303. The van der Waals surface area contributed by atoms with Crippen LogP contribution in [-0.4, -0.2) is 51.8 Å². The Morgan fingerprint density at radius 2 is 1.86 bits per heavy atom. The molecule has 2 amide bonds. The monoisotopic (exact) mass is 388 g/mol. The Hall–Kier alpha value is -2.08. The van der Waals surface area contributed by atoms with E-state index in [-0.39, 0.29) is 36.6 Å². The average molecular weight is 389 g/mol. The fourth-order valence-corrected chi connectivity index (χ4v) is 4.76. The summed E-state index contributed by atoms with van der Waals surface area (Å²) in [6, 6.07) is 9.59. The number of aliphatic hydroxyl groups excluding tert-OH is 1. The Labute approximate surface area is 166 Å². The van der Waals surface area contributed by atoms with Crippen LogP contribution in [0.3, 0.4) is 0 Å². The second kappa shape index (κ2) is 9.92. The summed E-state index contributed by atoms with van der Waals surface area (Å²) in [5.41, 5.74) is 1.08. The molecule has 1 saturated carbocycles. The molecule has 3 rings (SSSR count). The van der Waals surface area contributed by atoms with Crippen LogP contribution in [0.25, 0.3) is 0 Å². The predicted molar refractivity (Wildman–Crippen MR) is 107 cm³/mol. The Kier molecular flexibility index (Phi) is 7.31. The van der Waals surface area contributed by atoms with Gasteiger partial charge in [-0.25, -0.2) is 4.79 Å². The molecule has 1 aromatic carbocycles. The van der Waals surface area contributed by atoms with Gasteiger partial charge in [0.25, 0.3) is 0 Å². The van der Waals surface area contributed by atoms with Crippen LogP contribution >= 0.6 is 0 Å². The number of likely N-dealkylation sites (tertiary alicyclic amines) is 1. The lowest BCUT2D eigenvalue weighted by atomic mass is 9.80. The predicted octanol–water partition coefficient (Wildman–Crippen LogP) is 3.19. The molecule has 4 atom stereocenters. The molecule has 1 saturated heterocycles. The van der Waals surface area contributed by atoms with Crippen molar-refractivity contribution in [3.63, 3.8) is 0 Å². The molecule has 154 valence electrons. The maximum Gasteiger partial charge on any atom is 0.317 e. The number of carbonyl (C=O) groups is 2. The highest BCUT2D eigenvalue weighted by Crippen LogP contribution is 2.34. The molecule has 0 radical (unpaired) electrons. The largest absolute Gasteiger partial charge is 0.481 e. The van der Waals surface area contributed by atoms with Gasteiger partial charge in [0.05, 0.1) is 6.10 Å². The van der Waals surface area contributed by atoms with Crippen LogP contribution in [0.5, 0.6) is 0 Å². The third kappa shape index (κ3) is 5.47. The number of nitrogens with zero attached hydrogens (tertiary/aromatic N) is 1. The number of carbonyl (C=O) groups excluding carboxylic acids is 1. The van der Waals surface area contributed by atoms with Crippen LogP contribution in [0.2, 0.25) is 0 Å². The third-order valence-electron chi connectivity index (χ3n) is 6.20. The van der Waals surface area contributed by atoms with Gasteiger partial charge in [-0.05, 0) is 44.1 Å². The molecule has 3 N–H and O–H groups in total. The van der Waals surface area contributed by atoms with Crippen LogP contribution in [-0.2, 0) is 11.2 Å². The second-order valence-corrected chi connectivity index (χ2v) is 8.19. The van der Waals surface area contributed by atoms with Crippen molar-refractivity contribution in [1.82, 2.24) is 10.2 Å². The van der Waals surface area contributed by atoms with Gasteiger partial charge in [0.2, 0.25) is 0 Å². The first-order valence-electron chi connectivity index (χ1n) is 10.6. The van der Waals surface area contributed by atoms with Gasteiger partial charge >= 0.3 is 12.0 Å². The normalized spacial score (nSPS) is 26.0. The van der Waals surface area contributed by atoms with E-state index in [4.69, 9.17) is 5.11 Å². The van der Waals surface area contributed by atoms with Gasteiger partial charge in [-0.15, -0.1) is 0 Å². The Morgan fingerprint density at radius 3 is 2.57 bits per heavy atom. The summed E-state index contributed by atoms with van der Waals surface area (Å²) in [5, 5.41) is 22.6. The first-order valence-corrected chi connectivity index (χ1v) is 10.6. The summed E-state index contributed by atoms with van der Waals surface area (Å²) < 4.78 is 0. The number of nitrogens with one attached hydrogen (secondary N) is 1. The zero-order chi connectivity index (χ0) is 19.9. The molecule has 0 bridgehead atoms. The lowest BCUT2D eigenvalue weighted by Gasteiger charge is -2.37. The van der Waals surface area contributed by atoms with Gasteiger partial charge < -0.3 is 20.4 Å². The van der Waals surface area contributed by atoms with E-state index in [1.54, 1.807) is 0 Å². The smallest absolute Gasteiger partial charge is 0.317 e. The van der Waals surface area contributed by atoms with Crippen LogP contribution in [0, 0.1) is 5.92 Å². The van der Waals surface area contributed by atoms with E-state index >= 15 is 0 Å². The molecule has 4 unspecified atom stereocenters. The number of benzene rings is 1. The van der Waals surface area contributed by atoms with E-state index in [0.29, 0.717) is 19.4 Å². The van der Waals surface area contributed by atoms with Crippen molar-refractivity contribution < 1.29 is 19.8 Å². The first-order chi connectivity index (χ1) is 13.5. The zero-order valence-electron chi connectivity index (χ0n) is 16.4. The van der Waals surface area contributed by atoms with Crippen molar-refractivity contribution in [2.45, 2.75) is 76.0 Å². The summed E-state index contributed by atoms with van der Waals surface area (Å²) >= 11 is 0. The van der Waals surface area contributed by atoms with Gasteiger partial charge in [-0.2, -0.15) is 0 Å². The fourth-order valence-electron chi connectivity index (χ4n) is 4.76. The van der Waals surface area contributed by atoms with Gasteiger partial charge in [0.1, 0.15) is 0 Å². The molecule has 1 aromatic rings. The van der Waals surface area contributed by atoms with Crippen LogP contribution in [0.15, 0.2) is 30.3 Å². The lowest BCUT2D eigenvalue weighted by Crippen LogP contribution is -2.51. The number of aliphatic carboxylic acids is 1. The average Bonchev–Trinajstić information content (AvgIpc) is 3.17. The van der Waals surface area contributed by atoms with E-state index < -0.39 is 5.97 Å². The summed E-state index contributed by atoms with van der Waals surface area (Å²) in [4.78, 5) is 26.0. The number of carboxylic acid groups (broad SMARTS) is 1. The van der Waals surface area contributed by atoms with Crippen molar-refractivity contribution in [2.75, 3.05) is 6.54 Å². The maximum absolute atomic E-state index is 13.0. The number of hydrogen-bond acceptors (Lipinski definition) is 3. The lowest BCUT2D eigenvalue weighted by molar-refractivity contribution is -0.137. The number of carboxylic acids is 1. The van der Waals surface area contributed by atoms with E-state index in [9.17, 15) is 14.7 Å². The summed E-state index contributed by atoms with van der Waals surface area (Å²) in [7, 11) is 0. The van der Waals surface area contributed by atoms with E-state index in [2.05, 4.69) is 5.32 Å². The summed E-state index contributed by atoms with van der Waals surface area (Å²) in [5.74, 6) is -0.690. The number of hydrogen-bond donors (Lipinski definition) is 3. The number of rotatable bonds is 7. The molecule has 1 aliphatic heterocycles. The molecule has 28 heavy (non-hydrogen) atoms. The number of urea groups is 1. The molecule has 2 fully saturated rings.